The molecule has 0 amide bonds. The van der Waals surface area contributed by atoms with E-state index in [0.717, 1.165) is 5.25 Å². The quantitative estimate of drug-likeness (QED) is 0.908. The number of methoxy groups -OCH3 is 1. The second-order valence-corrected chi connectivity index (χ2v) is 7.70. The summed E-state index contributed by atoms with van der Waals surface area (Å²) in [4.78, 5) is 0. The molecule has 1 N–H and O–H groups in total. The molecule has 2 atom stereocenters. The van der Waals surface area contributed by atoms with E-state index in [9.17, 15) is 0 Å². The molecule has 0 bridgehead atoms. The van der Waals surface area contributed by atoms with Crippen LogP contribution in [0.4, 0.5) is 0 Å². The first-order valence-corrected chi connectivity index (χ1v) is 8.05. The number of ether oxygens (including phenoxy) is 1. The van der Waals surface area contributed by atoms with Crippen molar-refractivity contribution in [3.05, 3.63) is 17.0 Å². The minimum atomic E-state index is 0.491. The maximum absolute atomic E-state index is 5.34. The molecule has 0 spiro atoms. The minimum Gasteiger partial charge on any atom is -0.381 e. The fourth-order valence-electron chi connectivity index (χ4n) is 2.69. The zero-order chi connectivity index (χ0) is 11.8. The molecule has 1 aromatic rings. The Bertz CT molecular complexity index is 387. The molecule has 2 nitrogen and oxygen atoms in total. The van der Waals surface area contributed by atoms with Gasteiger partial charge in [-0.3, -0.25) is 0 Å². The lowest BCUT2D eigenvalue weighted by atomic mass is 9.87. The second-order valence-electron chi connectivity index (χ2n) is 5.07. The van der Waals surface area contributed by atoms with Gasteiger partial charge in [0.2, 0.25) is 0 Å². The number of fused-ring (bicyclic) bond motifs is 1. The Morgan fingerprint density at radius 2 is 2.18 bits per heavy atom. The Morgan fingerprint density at radius 3 is 2.94 bits per heavy atom. The first-order valence-electron chi connectivity index (χ1n) is 6.29. The SMILES string of the molecule is COC1CC(NC2C[C@H](C)Sc3sccc32)C1. The molecule has 1 unspecified atom stereocenters. The number of nitrogens with one attached hydrogen (secondary N) is 1. The first-order chi connectivity index (χ1) is 8.26. The van der Waals surface area contributed by atoms with Gasteiger partial charge in [-0.05, 0) is 36.3 Å². The third-order valence-electron chi connectivity index (χ3n) is 3.77. The van der Waals surface area contributed by atoms with Crippen LogP contribution in [0.2, 0.25) is 0 Å². The van der Waals surface area contributed by atoms with Crippen molar-refractivity contribution in [1.29, 1.82) is 0 Å². The minimum absolute atomic E-state index is 0.491. The summed E-state index contributed by atoms with van der Waals surface area (Å²) in [6.45, 7) is 2.33. The van der Waals surface area contributed by atoms with Crippen LogP contribution >= 0.6 is 23.1 Å². The zero-order valence-corrected chi connectivity index (χ0v) is 11.9. The summed E-state index contributed by atoms with van der Waals surface area (Å²) in [6.07, 6.45) is 4.09. The van der Waals surface area contributed by atoms with Crippen molar-refractivity contribution in [3.63, 3.8) is 0 Å². The zero-order valence-electron chi connectivity index (χ0n) is 10.3. The molecule has 1 saturated carbocycles. The van der Waals surface area contributed by atoms with E-state index in [1.54, 1.807) is 0 Å². The van der Waals surface area contributed by atoms with Gasteiger partial charge in [-0.2, -0.15) is 0 Å². The summed E-state index contributed by atoms with van der Waals surface area (Å²) in [5, 5.41) is 6.76. The molecule has 3 rings (SSSR count). The van der Waals surface area contributed by atoms with Gasteiger partial charge in [0.1, 0.15) is 0 Å². The summed E-state index contributed by atoms with van der Waals surface area (Å²) in [5.74, 6) is 0. The molecule has 0 aromatic carbocycles. The number of hydrogen-bond donors (Lipinski definition) is 1. The summed E-state index contributed by atoms with van der Waals surface area (Å²) < 4.78 is 6.86. The monoisotopic (exact) mass is 269 g/mol. The van der Waals surface area contributed by atoms with Gasteiger partial charge in [-0.25, -0.2) is 0 Å². The number of thioether (sulfide) groups is 1. The molecule has 0 radical (unpaired) electrons. The van der Waals surface area contributed by atoms with Crippen molar-refractivity contribution in [2.24, 2.45) is 0 Å². The van der Waals surface area contributed by atoms with Crippen molar-refractivity contribution >= 4 is 23.1 Å². The van der Waals surface area contributed by atoms with Gasteiger partial charge in [0.15, 0.2) is 0 Å². The summed E-state index contributed by atoms with van der Waals surface area (Å²) >= 11 is 3.92. The number of hydrogen-bond acceptors (Lipinski definition) is 4. The van der Waals surface area contributed by atoms with Gasteiger partial charge < -0.3 is 10.1 Å². The highest BCUT2D eigenvalue weighted by Crippen LogP contribution is 2.44. The van der Waals surface area contributed by atoms with E-state index in [2.05, 4.69) is 23.7 Å². The lowest BCUT2D eigenvalue weighted by molar-refractivity contribution is 0.0137. The van der Waals surface area contributed by atoms with Crippen LogP contribution < -0.4 is 5.32 Å². The van der Waals surface area contributed by atoms with Crippen LogP contribution in [0.1, 0.15) is 37.8 Å². The maximum atomic E-state index is 5.34. The molecule has 17 heavy (non-hydrogen) atoms. The predicted molar refractivity (Wildman–Crippen MR) is 74.0 cm³/mol. The third kappa shape index (κ3) is 2.41. The molecule has 0 saturated heterocycles. The van der Waals surface area contributed by atoms with E-state index in [4.69, 9.17) is 4.74 Å². The highest BCUT2D eigenvalue weighted by Gasteiger charge is 2.33. The molecule has 94 valence electrons. The molecule has 2 aliphatic rings. The van der Waals surface area contributed by atoms with Crippen LogP contribution in [-0.2, 0) is 4.74 Å². The van der Waals surface area contributed by atoms with Crippen LogP contribution in [0.25, 0.3) is 0 Å². The van der Waals surface area contributed by atoms with Crippen LogP contribution in [0.3, 0.4) is 0 Å². The highest BCUT2D eigenvalue weighted by molar-refractivity contribution is 8.01. The Balaban J connectivity index is 1.65. The maximum Gasteiger partial charge on any atom is 0.0649 e. The van der Waals surface area contributed by atoms with Crippen LogP contribution in [0.15, 0.2) is 15.7 Å². The fraction of sp³-hybridized carbons (Fsp3) is 0.692. The lowest BCUT2D eigenvalue weighted by Gasteiger charge is -2.39. The average Bonchev–Trinajstić information content (AvgIpc) is 2.70. The van der Waals surface area contributed by atoms with E-state index in [1.807, 2.05) is 30.2 Å². The predicted octanol–water partition coefficient (Wildman–Crippen LogP) is 3.44. The summed E-state index contributed by atoms with van der Waals surface area (Å²) in [5.41, 5.74) is 1.53. The molecule has 1 fully saturated rings. The smallest absolute Gasteiger partial charge is 0.0649 e. The van der Waals surface area contributed by atoms with Gasteiger partial charge >= 0.3 is 0 Å². The normalized spacial score (nSPS) is 36.4. The van der Waals surface area contributed by atoms with Gasteiger partial charge in [0, 0.05) is 24.4 Å². The lowest BCUT2D eigenvalue weighted by Crippen LogP contribution is -2.47. The van der Waals surface area contributed by atoms with Gasteiger partial charge in [-0.1, -0.05) is 6.92 Å². The largest absolute Gasteiger partial charge is 0.381 e. The molecule has 1 aliphatic carbocycles. The van der Waals surface area contributed by atoms with Gasteiger partial charge in [0.25, 0.3) is 0 Å². The molecular formula is C13H19NOS2. The molecular weight excluding hydrogens is 250 g/mol. The van der Waals surface area contributed by atoms with Gasteiger partial charge in [0.05, 0.1) is 10.3 Å². The Labute approximate surface area is 111 Å². The second kappa shape index (κ2) is 4.92. The van der Waals surface area contributed by atoms with Crippen molar-refractivity contribution in [2.45, 2.75) is 53.8 Å². The Morgan fingerprint density at radius 1 is 1.35 bits per heavy atom. The van der Waals surface area contributed by atoms with E-state index in [0.29, 0.717) is 18.2 Å². The first kappa shape index (κ1) is 12.0. The van der Waals surface area contributed by atoms with Crippen molar-refractivity contribution < 1.29 is 4.74 Å². The van der Waals surface area contributed by atoms with E-state index in [1.165, 1.54) is 29.0 Å². The standard InChI is InChI=1S/C13H19NOS2/c1-8-5-12(11-3-4-16-13(11)17-8)14-9-6-10(7-9)15-2/h3-4,8-10,12,14H,5-7H2,1-2H3/t8-,9?,10?,12?/m0/s1. The Hall–Kier alpha value is -0.0300. The van der Waals surface area contributed by atoms with E-state index >= 15 is 0 Å². The van der Waals surface area contributed by atoms with Crippen molar-refractivity contribution in [1.82, 2.24) is 5.32 Å². The highest BCUT2D eigenvalue weighted by atomic mass is 32.2. The molecule has 1 aromatic heterocycles. The van der Waals surface area contributed by atoms with Crippen LogP contribution in [-0.4, -0.2) is 24.5 Å². The summed E-state index contributed by atoms with van der Waals surface area (Å²) in [6, 6.07) is 3.52. The Kier molecular flexibility index (Phi) is 3.48. The number of thiophene rings is 1. The van der Waals surface area contributed by atoms with E-state index in [-0.39, 0.29) is 0 Å². The molecule has 2 heterocycles. The molecule has 1 aliphatic heterocycles. The average molecular weight is 269 g/mol. The molecule has 4 heteroatoms. The summed E-state index contributed by atoms with van der Waals surface area (Å²) in [7, 11) is 1.82. The number of rotatable bonds is 3. The van der Waals surface area contributed by atoms with Gasteiger partial charge in [-0.15, -0.1) is 23.1 Å². The fourth-order valence-corrected chi connectivity index (χ4v) is 5.25. The van der Waals surface area contributed by atoms with Crippen molar-refractivity contribution in [3.8, 4) is 0 Å². The topological polar surface area (TPSA) is 21.3 Å². The third-order valence-corrected chi connectivity index (χ3v) is 6.12. The van der Waals surface area contributed by atoms with E-state index < -0.39 is 0 Å². The van der Waals surface area contributed by atoms with Crippen LogP contribution in [0, 0.1) is 0 Å². The van der Waals surface area contributed by atoms with Crippen molar-refractivity contribution in [2.75, 3.05) is 7.11 Å². The van der Waals surface area contributed by atoms with Crippen LogP contribution in [0.5, 0.6) is 0 Å².